The Kier molecular flexibility index (Phi) is 5.06. The van der Waals surface area contributed by atoms with Gasteiger partial charge in [-0.1, -0.05) is 18.2 Å². The summed E-state index contributed by atoms with van der Waals surface area (Å²) in [6.07, 6.45) is 0. The van der Waals surface area contributed by atoms with Crippen molar-refractivity contribution in [3.8, 4) is 0 Å². The Hall–Kier alpha value is -3.40. The van der Waals surface area contributed by atoms with Gasteiger partial charge < -0.3 is 5.32 Å². The van der Waals surface area contributed by atoms with Crippen LogP contribution in [0.2, 0.25) is 0 Å². The molecule has 0 fully saturated rings. The van der Waals surface area contributed by atoms with Crippen LogP contribution in [0.5, 0.6) is 0 Å². The molecule has 0 spiro atoms. The lowest BCUT2D eigenvalue weighted by Gasteiger charge is -2.14. The molecular formula is C18H19N5O4S. The number of hydrogen-bond donors (Lipinski definition) is 2. The average Bonchev–Trinajstić information content (AvgIpc) is 2.89. The van der Waals surface area contributed by atoms with Crippen molar-refractivity contribution in [3.63, 3.8) is 0 Å². The number of nitro groups is 1. The summed E-state index contributed by atoms with van der Waals surface area (Å²) in [6.45, 7) is 3.24. The van der Waals surface area contributed by atoms with Crippen LogP contribution in [0.1, 0.15) is 11.4 Å². The summed E-state index contributed by atoms with van der Waals surface area (Å²) >= 11 is 0. The predicted octanol–water partition coefficient (Wildman–Crippen LogP) is 3.49. The second-order valence-electron chi connectivity index (χ2n) is 6.21. The Morgan fingerprint density at radius 2 is 1.75 bits per heavy atom. The zero-order valence-corrected chi connectivity index (χ0v) is 16.3. The molecule has 146 valence electrons. The zero-order valence-electron chi connectivity index (χ0n) is 15.5. The molecule has 2 N–H and O–H groups in total. The Labute approximate surface area is 162 Å². The minimum atomic E-state index is -4.01. The molecule has 0 saturated heterocycles. The van der Waals surface area contributed by atoms with Crippen molar-refractivity contribution in [2.45, 2.75) is 18.7 Å². The van der Waals surface area contributed by atoms with Crippen LogP contribution in [0, 0.1) is 24.0 Å². The van der Waals surface area contributed by atoms with Crippen molar-refractivity contribution >= 4 is 32.8 Å². The lowest BCUT2D eigenvalue weighted by molar-refractivity contribution is -0.384. The maximum Gasteiger partial charge on any atom is 0.271 e. The molecule has 0 amide bonds. The van der Waals surface area contributed by atoms with Gasteiger partial charge in [0, 0.05) is 24.9 Å². The molecule has 2 aromatic carbocycles. The fraction of sp³-hybridized carbons (Fsp3) is 0.167. The van der Waals surface area contributed by atoms with E-state index in [1.54, 1.807) is 33.0 Å². The third-order valence-electron chi connectivity index (χ3n) is 4.22. The molecule has 0 radical (unpaired) electrons. The summed E-state index contributed by atoms with van der Waals surface area (Å²) in [7, 11) is -2.36. The van der Waals surface area contributed by atoms with Crippen molar-refractivity contribution in [3.05, 3.63) is 70.0 Å². The van der Waals surface area contributed by atoms with E-state index >= 15 is 0 Å². The van der Waals surface area contributed by atoms with Gasteiger partial charge in [-0.25, -0.2) is 8.42 Å². The van der Waals surface area contributed by atoms with E-state index in [2.05, 4.69) is 15.1 Å². The smallest absolute Gasteiger partial charge is 0.271 e. The quantitative estimate of drug-likeness (QED) is 0.482. The van der Waals surface area contributed by atoms with Gasteiger partial charge in [0.1, 0.15) is 4.90 Å². The molecule has 3 rings (SSSR count). The van der Waals surface area contributed by atoms with Crippen molar-refractivity contribution in [2.75, 3.05) is 10.0 Å². The number of nitrogens with zero attached hydrogens (tertiary/aromatic N) is 3. The number of nitrogens with one attached hydrogen (secondary N) is 2. The molecule has 9 nitrogen and oxygen atoms in total. The highest BCUT2D eigenvalue weighted by atomic mass is 32.2. The first kappa shape index (κ1) is 19.4. The Morgan fingerprint density at radius 3 is 2.32 bits per heavy atom. The summed E-state index contributed by atoms with van der Waals surface area (Å²) in [4.78, 5) is 10.6. The number of aryl methyl sites for hydroxylation is 2. The van der Waals surface area contributed by atoms with Crippen molar-refractivity contribution in [2.24, 2.45) is 7.05 Å². The highest BCUT2D eigenvalue weighted by Gasteiger charge is 2.25. The van der Waals surface area contributed by atoms with Crippen LogP contribution in [0.25, 0.3) is 0 Å². The number of rotatable bonds is 6. The van der Waals surface area contributed by atoms with E-state index in [-0.39, 0.29) is 16.3 Å². The maximum atomic E-state index is 13.0. The second kappa shape index (κ2) is 7.31. The number of non-ortho nitro benzene ring substituents is 1. The minimum absolute atomic E-state index is 0.0483. The van der Waals surface area contributed by atoms with E-state index in [9.17, 15) is 18.5 Å². The highest BCUT2D eigenvalue weighted by Crippen LogP contribution is 2.32. The minimum Gasteiger partial charge on any atom is -0.354 e. The van der Waals surface area contributed by atoms with Crippen molar-refractivity contribution in [1.82, 2.24) is 9.78 Å². The Balaban J connectivity index is 2.06. The fourth-order valence-corrected chi connectivity index (χ4v) is 4.37. The fourth-order valence-electron chi connectivity index (χ4n) is 2.86. The highest BCUT2D eigenvalue weighted by molar-refractivity contribution is 7.92. The summed E-state index contributed by atoms with van der Waals surface area (Å²) in [5.74, 6) is 0. The van der Waals surface area contributed by atoms with Gasteiger partial charge in [0.2, 0.25) is 0 Å². The molecule has 0 atom stereocenters. The van der Waals surface area contributed by atoms with E-state index in [1.807, 2.05) is 18.2 Å². The number of aromatic nitrogens is 2. The van der Waals surface area contributed by atoms with Crippen LogP contribution in [-0.2, 0) is 17.1 Å². The van der Waals surface area contributed by atoms with Gasteiger partial charge in [0.15, 0.2) is 0 Å². The van der Waals surface area contributed by atoms with Crippen LogP contribution in [0.15, 0.2) is 53.4 Å². The number of para-hydroxylation sites is 1. The topological polar surface area (TPSA) is 119 Å². The molecule has 0 aliphatic heterocycles. The standard InChI is InChI=1S/C18H19N5O4S/c1-12-18(13(2)22(3)20-12)28(26,27)21-17-11-15(23(24)25)9-10-16(17)19-14-7-5-4-6-8-14/h4-11,19,21H,1-3H3. The molecule has 10 heteroatoms. The monoisotopic (exact) mass is 401 g/mol. The SMILES string of the molecule is Cc1nn(C)c(C)c1S(=O)(=O)Nc1cc([N+](=O)[O-])ccc1Nc1ccccc1. The lowest BCUT2D eigenvalue weighted by Crippen LogP contribution is -2.16. The Bertz CT molecular complexity index is 1140. The summed E-state index contributed by atoms with van der Waals surface area (Å²) in [5.41, 5.74) is 1.75. The number of hydrogen-bond acceptors (Lipinski definition) is 6. The van der Waals surface area contributed by atoms with Gasteiger partial charge in [0.25, 0.3) is 15.7 Å². The van der Waals surface area contributed by atoms with Gasteiger partial charge in [-0.3, -0.25) is 19.5 Å². The van der Waals surface area contributed by atoms with Crippen LogP contribution in [0.4, 0.5) is 22.7 Å². The molecule has 0 unspecified atom stereocenters. The van der Waals surface area contributed by atoms with Gasteiger partial charge in [-0.05, 0) is 32.0 Å². The summed E-state index contributed by atoms with van der Waals surface area (Å²) in [6, 6.07) is 13.0. The van der Waals surface area contributed by atoms with Crippen LogP contribution in [-0.4, -0.2) is 23.1 Å². The number of sulfonamides is 1. The third kappa shape index (κ3) is 3.81. The summed E-state index contributed by atoms with van der Waals surface area (Å²) in [5, 5.41) is 18.4. The van der Waals surface area contributed by atoms with E-state index in [1.165, 1.54) is 22.9 Å². The first-order valence-electron chi connectivity index (χ1n) is 8.32. The molecule has 28 heavy (non-hydrogen) atoms. The lowest BCUT2D eigenvalue weighted by atomic mass is 10.2. The van der Waals surface area contributed by atoms with E-state index in [0.717, 1.165) is 0 Å². The van der Waals surface area contributed by atoms with Crippen LogP contribution < -0.4 is 10.0 Å². The number of benzene rings is 2. The van der Waals surface area contributed by atoms with Crippen LogP contribution >= 0.6 is 0 Å². The van der Waals surface area contributed by atoms with Gasteiger partial charge in [0.05, 0.1) is 27.7 Å². The largest absolute Gasteiger partial charge is 0.354 e. The molecule has 1 aromatic heterocycles. The second-order valence-corrected chi connectivity index (χ2v) is 7.83. The molecule has 3 aromatic rings. The van der Waals surface area contributed by atoms with Gasteiger partial charge >= 0.3 is 0 Å². The summed E-state index contributed by atoms with van der Waals surface area (Å²) < 4.78 is 29.9. The normalized spacial score (nSPS) is 11.2. The van der Waals surface area contributed by atoms with E-state index < -0.39 is 14.9 Å². The Morgan fingerprint density at radius 1 is 1.07 bits per heavy atom. The van der Waals surface area contributed by atoms with Crippen molar-refractivity contribution < 1.29 is 13.3 Å². The van der Waals surface area contributed by atoms with Gasteiger partial charge in [-0.2, -0.15) is 5.10 Å². The molecule has 0 saturated carbocycles. The molecule has 0 aliphatic carbocycles. The molecular weight excluding hydrogens is 382 g/mol. The third-order valence-corrected chi connectivity index (χ3v) is 5.84. The van der Waals surface area contributed by atoms with Gasteiger partial charge in [-0.15, -0.1) is 0 Å². The average molecular weight is 401 g/mol. The first-order chi connectivity index (χ1) is 13.2. The number of anilines is 3. The predicted molar refractivity (Wildman–Crippen MR) is 106 cm³/mol. The number of nitro benzene ring substituents is 1. The molecule has 0 aliphatic rings. The van der Waals surface area contributed by atoms with Crippen molar-refractivity contribution in [1.29, 1.82) is 0 Å². The van der Waals surface area contributed by atoms with E-state index in [4.69, 9.17) is 0 Å². The molecule has 1 heterocycles. The van der Waals surface area contributed by atoms with E-state index in [0.29, 0.717) is 22.8 Å². The first-order valence-corrected chi connectivity index (χ1v) is 9.81. The van der Waals surface area contributed by atoms with Crippen LogP contribution in [0.3, 0.4) is 0 Å². The molecule has 0 bridgehead atoms. The zero-order chi connectivity index (χ0) is 20.5. The maximum absolute atomic E-state index is 13.0.